The lowest BCUT2D eigenvalue weighted by Gasteiger charge is -2.18. The van der Waals surface area contributed by atoms with Gasteiger partial charge in [-0.3, -0.25) is 14.4 Å². The summed E-state index contributed by atoms with van der Waals surface area (Å²) in [6.07, 6.45) is 61.8. The Morgan fingerprint density at radius 3 is 1.13 bits per heavy atom. The van der Waals surface area contributed by atoms with Gasteiger partial charge in [0.05, 0.1) is 45.4 Å². The maximum absolute atomic E-state index is 11.7. The van der Waals surface area contributed by atoms with Crippen molar-refractivity contribution in [1.82, 2.24) is 14.9 Å². The fourth-order valence-corrected chi connectivity index (χ4v) is 15.1. The number of nitrogens with zero attached hydrogens (tertiary/aromatic N) is 3. The Morgan fingerprint density at radius 2 is 0.713 bits per heavy atom. The summed E-state index contributed by atoms with van der Waals surface area (Å²) in [7, 11) is 3.98. The van der Waals surface area contributed by atoms with E-state index in [-0.39, 0.29) is 17.8 Å². The van der Waals surface area contributed by atoms with Gasteiger partial charge in [0.2, 0.25) is 5.91 Å². The van der Waals surface area contributed by atoms with E-state index in [2.05, 4.69) is 237 Å². The highest BCUT2D eigenvalue weighted by atomic mass is 32.2. The molecule has 0 aromatic heterocycles. The third kappa shape index (κ3) is 96.8. The average Bonchev–Trinajstić information content (AvgIpc) is 0.819. The van der Waals surface area contributed by atoms with Crippen LogP contribution in [0.1, 0.15) is 469 Å². The number of carbonyl (C=O) groups is 3. The van der Waals surface area contributed by atoms with Crippen molar-refractivity contribution in [3.63, 3.8) is 0 Å². The Balaban J connectivity index is -0.000000478. The molecule has 0 spiro atoms. The Hall–Kier alpha value is -6.04. The zero-order valence-electron chi connectivity index (χ0n) is 93.6. The van der Waals surface area contributed by atoms with E-state index in [1.807, 2.05) is 38.1 Å². The molecule has 0 saturated heterocycles. The fourth-order valence-electron chi connectivity index (χ4n) is 14.2. The highest BCUT2D eigenvalue weighted by Crippen LogP contribution is 2.29. The number of esters is 2. The second-order valence-corrected chi connectivity index (χ2v) is 37.9. The van der Waals surface area contributed by atoms with Gasteiger partial charge < -0.3 is 43.0 Å². The van der Waals surface area contributed by atoms with Crippen molar-refractivity contribution >= 4 is 39.7 Å². The summed E-state index contributed by atoms with van der Waals surface area (Å²) in [5, 5.41) is 4.38. The van der Waals surface area contributed by atoms with Gasteiger partial charge in [0.25, 0.3) is 0 Å². The Kier molecular flexibility index (Phi) is 111. The Bertz CT molecular complexity index is 3290. The molecular weight excluding hydrogens is 1710 g/mol. The fraction of sp³-hybridized carbons (Fsp3) is 0.742. The predicted molar refractivity (Wildman–Crippen MR) is 594 cm³/mol. The monoisotopic (exact) mass is 1930 g/mol. The molecule has 0 bridgehead atoms. The Labute approximate surface area is 844 Å². The molecule has 15 nitrogen and oxygen atoms in total. The van der Waals surface area contributed by atoms with Gasteiger partial charge in [-0.05, 0) is 244 Å². The van der Waals surface area contributed by atoms with E-state index in [1.54, 1.807) is 11.8 Å². The molecule has 5 rings (SSSR count). The van der Waals surface area contributed by atoms with Crippen molar-refractivity contribution < 1.29 is 56.0 Å². The van der Waals surface area contributed by atoms with Gasteiger partial charge in [0.1, 0.15) is 23.0 Å². The van der Waals surface area contributed by atoms with E-state index in [1.165, 1.54) is 310 Å². The molecule has 5 aromatic carbocycles. The number of carbonyl (C=O) groups excluding carboxylic acids is 3. The van der Waals surface area contributed by atoms with Crippen LogP contribution in [0.5, 0.6) is 23.0 Å². The number of fused-ring (bicyclic) bond motifs is 1. The van der Waals surface area contributed by atoms with Crippen molar-refractivity contribution in [1.29, 1.82) is 0 Å². The largest absolute Gasteiger partial charge is 0.494 e. The number of hydrogen-bond donors (Lipinski definition) is 0. The summed E-state index contributed by atoms with van der Waals surface area (Å²) in [5.41, 5.74) is 7.04. The SMILES string of the molecule is CCCCCCCCCCCCOCC(C)CCC.CCCCCCCCCc1ccc(OCCC)cc1.CCCCCCCCS(=O)ON(CCC)CCC.CCCCCc1ccc(OCCC)c(CCCCC)c1.CCCCCc1ccc2cccc(OCCC)c2c1.CCCN(C)C(C)=O.CCCN(C)CCC.CCCOC(C)=O.CCCOC(C)=O.CCCOc1ccc(C)cc1. The second kappa shape index (κ2) is 109. The van der Waals surface area contributed by atoms with Gasteiger partial charge in [-0.15, -0.1) is 0 Å². The number of hydrogen-bond acceptors (Lipinski definition) is 14. The van der Waals surface area contributed by atoms with Crippen LogP contribution < -0.4 is 18.9 Å². The molecule has 2 unspecified atom stereocenters. The molecule has 0 fully saturated rings. The maximum Gasteiger partial charge on any atom is 0.302 e. The van der Waals surface area contributed by atoms with Crippen molar-refractivity contribution in [2.75, 3.05) is 105 Å². The summed E-state index contributed by atoms with van der Waals surface area (Å²) in [4.78, 5) is 34.5. The van der Waals surface area contributed by atoms with Crippen LogP contribution in [0.15, 0.2) is 103 Å². The van der Waals surface area contributed by atoms with Crippen LogP contribution in [0, 0.1) is 12.8 Å². The average molecular weight is 1930 g/mol. The number of aryl methyl sites for hydroxylation is 5. The van der Waals surface area contributed by atoms with Gasteiger partial charge >= 0.3 is 11.9 Å². The van der Waals surface area contributed by atoms with Crippen molar-refractivity contribution in [3.05, 3.63) is 131 Å². The van der Waals surface area contributed by atoms with Crippen molar-refractivity contribution in [3.8, 4) is 23.0 Å². The molecule has 0 aliphatic heterocycles. The molecule has 0 N–H and O–H groups in total. The zero-order chi connectivity index (χ0) is 102. The van der Waals surface area contributed by atoms with Crippen LogP contribution in [0.25, 0.3) is 10.8 Å². The lowest BCUT2D eigenvalue weighted by molar-refractivity contribution is -0.141. The van der Waals surface area contributed by atoms with Crippen LogP contribution in [0.3, 0.4) is 0 Å². The lowest BCUT2D eigenvalue weighted by atomic mass is 10.0. The van der Waals surface area contributed by atoms with Crippen LogP contribution in [0.2, 0.25) is 0 Å². The standard InChI is InChI=1S/C19H32O.C18H24O.C18H30O.C18H38O.C14H31NO2S.C10H14O.C7H17N.C6H13NO.2C5H10O2/c1-4-7-9-11-17-13-14-19(20-15-6-3)18(16-17)12-10-8-5-2;1-3-5-6-8-15-11-12-16-9-7-10-18(17(16)14-15)19-13-4-2;1-3-5-6-7-8-9-10-11-17-12-14-18(15-13-17)19-16-4-2;1-4-6-7-8-9-10-11-12-13-14-16-19-17-18(3)15-5-2;1-4-7-8-9-10-11-14-18(16)17-15(12-5-2)13-6-3;1-3-8-11-10-6-4-9(2)5-7-10;1-4-6-8(3)7-5-2;1-4-5-7(3)6(2)8;2*1-3-4-7-5(2)6/h13-14,16H,4-12,15H2,1-3H3;7,9-12,14H,3-6,8,13H2,1-2H3;12-15H,3-11,16H2,1-2H3;18H,4-17H2,1-3H3;4-14H2,1-3H3;4-7H,3,8H2,1-2H3;4-7H2,1-3H3;4-5H2,1-3H3;2*3-4H2,1-2H3. The molecular formula is C120H219N3O12S. The van der Waals surface area contributed by atoms with Gasteiger partial charge in [-0.25, -0.2) is 4.21 Å². The topological polar surface area (TPSA) is 152 Å². The van der Waals surface area contributed by atoms with E-state index in [0.717, 1.165) is 159 Å². The molecule has 792 valence electrons. The van der Waals surface area contributed by atoms with Crippen LogP contribution in [0.4, 0.5) is 0 Å². The highest BCUT2D eigenvalue weighted by Gasteiger charge is 2.12. The normalized spacial score (nSPS) is 10.9. The first-order valence-electron chi connectivity index (χ1n) is 55.8. The minimum absolute atomic E-state index is 0.145. The molecule has 5 aromatic rings. The van der Waals surface area contributed by atoms with Crippen LogP contribution in [-0.4, -0.2) is 142 Å². The third-order valence-corrected chi connectivity index (χ3v) is 23.1. The second-order valence-electron chi connectivity index (χ2n) is 36.7. The molecule has 0 aliphatic rings. The van der Waals surface area contributed by atoms with Crippen LogP contribution >= 0.6 is 0 Å². The van der Waals surface area contributed by atoms with E-state index in [4.69, 9.17) is 28.0 Å². The molecule has 16 heteroatoms. The number of amides is 1. The number of benzene rings is 5. The first-order valence-corrected chi connectivity index (χ1v) is 57.0. The van der Waals surface area contributed by atoms with Gasteiger partial charge in [-0.2, -0.15) is 9.35 Å². The number of hydroxylamine groups is 2. The lowest BCUT2D eigenvalue weighted by Crippen LogP contribution is -2.27. The highest BCUT2D eigenvalue weighted by molar-refractivity contribution is 7.80. The zero-order valence-corrected chi connectivity index (χ0v) is 94.4. The number of unbranched alkanes of at least 4 members (excludes halogenated alkanes) is 26. The summed E-state index contributed by atoms with van der Waals surface area (Å²) in [5.74, 6) is 5.29. The quantitative estimate of drug-likeness (QED) is 0.0206. The molecule has 0 aliphatic carbocycles. The van der Waals surface area contributed by atoms with E-state index in [0.29, 0.717) is 19.0 Å². The molecule has 0 heterocycles. The first kappa shape index (κ1) is 138. The van der Waals surface area contributed by atoms with Crippen LogP contribution in [-0.2, 0) is 69.6 Å². The van der Waals surface area contributed by atoms with Gasteiger partial charge in [0, 0.05) is 66.1 Å². The van der Waals surface area contributed by atoms with Gasteiger partial charge in [0.15, 0.2) is 11.1 Å². The van der Waals surface area contributed by atoms with E-state index in [9.17, 15) is 18.6 Å². The van der Waals surface area contributed by atoms with Crippen molar-refractivity contribution in [2.45, 2.75) is 474 Å². The maximum atomic E-state index is 11.7. The summed E-state index contributed by atoms with van der Waals surface area (Å²) in [6, 6.07) is 36.7. The van der Waals surface area contributed by atoms with E-state index >= 15 is 0 Å². The molecule has 1 amide bonds. The number of ether oxygens (including phenoxy) is 7. The van der Waals surface area contributed by atoms with E-state index < -0.39 is 11.1 Å². The first-order chi connectivity index (χ1) is 65.9. The minimum Gasteiger partial charge on any atom is -0.494 e. The molecule has 136 heavy (non-hydrogen) atoms. The third-order valence-electron chi connectivity index (χ3n) is 22.1. The minimum atomic E-state index is -1.13. The summed E-state index contributed by atoms with van der Waals surface area (Å²) >= 11 is -1.13. The molecule has 2 atom stereocenters. The van der Waals surface area contributed by atoms with Gasteiger partial charge in [-0.1, -0.05) is 371 Å². The molecule has 0 radical (unpaired) electrons. The number of rotatable bonds is 70. The Morgan fingerprint density at radius 1 is 0.338 bits per heavy atom. The van der Waals surface area contributed by atoms with Crippen molar-refractivity contribution in [2.24, 2.45) is 5.92 Å². The predicted octanol–water partition coefficient (Wildman–Crippen LogP) is 34.8. The smallest absolute Gasteiger partial charge is 0.302 e. The summed E-state index contributed by atoms with van der Waals surface area (Å²) < 4.78 is 54.8. The summed E-state index contributed by atoms with van der Waals surface area (Å²) in [6.45, 7) is 59.1. The molecule has 0 saturated carbocycles.